The van der Waals surface area contributed by atoms with E-state index in [2.05, 4.69) is 0 Å². The second kappa shape index (κ2) is 2.48. The lowest BCUT2D eigenvalue weighted by Gasteiger charge is -1.88. The average molecular weight is 157 g/mol. The molecule has 0 aromatic heterocycles. The minimum atomic E-state index is -4.02. The van der Waals surface area contributed by atoms with Crippen LogP contribution in [0.2, 0.25) is 0 Å². The van der Waals surface area contributed by atoms with Crippen molar-refractivity contribution in [3.05, 3.63) is 10.4 Å². The second-order valence-corrected chi connectivity index (χ2v) is 3.01. The molecule has 0 heterocycles. The van der Waals surface area contributed by atoms with E-state index in [4.69, 9.17) is 16.2 Å². The first-order valence-electron chi connectivity index (χ1n) is 1.73. The smallest absolute Gasteiger partial charge is 0.282 e. The second-order valence-electron chi connectivity index (χ2n) is 1.19. The molecular formula is C3H5ClO3S. The fraction of sp³-hybridized carbons (Fsp3) is 0.333. The van der Waals surface area contributed by atoms with Crippen LogP contribution in [-0.4, -0.2) is 13.0 Å². The maximum absolute atomic E-state index is 9.97. The van der Waals surface area contributed by atoms with Crippen molar-refractivity contribution in [3.63, 3.8) is 0 Å². The molecule has 5 heteroatoms. The van der Waals surface area contributed by atoms with Crippen LogP contribution in [0.3, 0.4) is 0 Å². The summed E-state index contributed by atoms with van der Waals surface area (Å²) >= 11 is 4.94. The van der Waals surface area contributed by atoms with Crippen molar-refractivity contribution in [2.45, 2.75) is 6.92 Å². The Hall–Kier alpha value is -0.0600. The van der Waals surface area contributed by atoms with E-state index in [0.717, 1.165) is 5.54 Å². The standard InChI is InChI=1S/C3H5ClO3S/c1-3(2-4)8(5,6)7/h2H,1H3,(H,5,6,7). The molecule has 0 fully saturated rings. The zero-order valence-corrected chi connectivity index (χ0v) is 5.70. The number of allylic oxidation sites excluding steroid dienone is 1. The lowest BCUT2D eigenvalue weighted by molar-refractivity contribution is 0.491. The van der Waals surface area contributed by atoms with Gasteiger partial charge in [-0.2, -0.15) is 8.42 Å². The Bertz CT molecular complexity index is 191. The van der Waals surface area contributed by atoms with Gasteiger partial charge in [0, 0.05) is 5.54 Å². The first kappa shape index (κ1) is 7.94. The Balaban J connectivity index is 4.55. The van der Waals surface area contributed by atoms with Crippen molar-refractivity contribution in [1.29, 1.82) is 0 Å². The first-order valence-corrected chi connectivity index (χ1v) is 3.60. The summed E-state index contributed by atoms with van der Waals surface area (Å²) in [5.41, 5.74) is 0.801. The minimum Gasteiger partial charge on any atom is -0.282 e. The van der Waals surface area contributed by atoms with Gasteiger partial charge in [0.2, 0.25) is 0 Å². The summed E-state index contributed by atoms with van der Waals surface area (Å²) < 4.78 is 28.0. The molecule has 0 aliphatic carbocycles. The van der Waals surface area contributed by atoms with Crippen LogP contribution in [0.5, 0.6) is 0 Å². The lowest BCUT2D eigenvalue weighted by atomic mass is 10.8. The van der Waals surface area contributed by atoms with Crippen molar-refractivity contribution in [2.24, 2.45) is 0 Å². The fourth-order valence-electron chi connectivity index (χ4n) is 0.0563. The molecule has 0 atom stereocenters. The van der Waals surface area contributed by atoms with Crippen LogP contribution in [0.15, 0.2) is 10.4 Å². The molecule has 0 radical (unpaired) electrons. The fourth-order valence-corrected chi connectivity index (χ4v) is 0.507. The highest BCUT2D eigenvalue weighted by Gasteiger charge is 2.04. The van der Waals surface area contributed by atoms with E-state index in [0.29, 0.717) is 0 Å². The molecule has 0 aromatic carbocycles. The molecule has 0 aliphatic heterocycles. The van der Waals surface area contributed by atoms with Gasteiger partial charge in [-0.3, -0.25) is 4.55 Å². The monoisotopic (exact) mass is 156 g/mol. The molecule has 0 aliphatic rings. The Labute approximate surface area is 52.7 Å². The number of hydrogen-bond acceptors (Lipinski definition) is 2. The maximum atomic E-state index is 9.97. The number of rotatable bonds is 1. The van der Waals surface area contributed by atoms with E-state index in [1.165, 1.54) is 6.92 Å². The zero-order valence-electron chi connectivity index (χ0n) is 4.13. The van der Waals surface area contributed by atoms with Gasteiger partial charge in [-0.1, -0.05) is 11.6 Å². The number of halogens is 1. The van der Waals surface area contributed by atoms with Gasteiger partial charge in [-0.25, -0.2) is 0 Å². The van der Waals surface area contributed by atoms with Gasteiger partial charge >= 0.3 is 0 Å². The van der Waals surface area contributed by atoms with E-state index in [1.807, 2.05) is 0 Å². The molecular weight excluding hydrogens is 152 g/mol. The van der Waals surface area contributed by atoms with Crippen LogP contribution in [-0.2, 0) is 10.1 Å². The third-order valence-electron chi connectivity index (χ3n) is 0.561. The van der Waals surface area contributed by atoms with E-state index < -0.39 is 10.1 Å². The SMILES string of the molecule is CC(=CCl)S(=O)(=O)O. The molecule has 8 heavy (non-hydrogen) atoms. The van der Waals surface area contributed by atoms with Gasteiger partial charge in [-0.05, 0) is 6.92 Å². The molecule has 0 unspecified atom stereocenters. The van der Waals surface area contributed by atoms with Crippen molar-refractivity contribution in [1.82, 2.24) is 0 Å². The van der Waals surface area contributed by atoms with Crippen LogP contribution in [0.4, 0.5) is 0 Å². The number of hydrogen-bond donors (Lipinski definition) is 1. The van der Waals surface area contributed by atoms with E-state index in [9.17, 15) is 8.42 Å². The van der Waals surface area contributed by atoms with Crippen LogP contribution < -0.4 is 0 Å². The molecule has 0 saturated carbocycles. The van der Waals surface area contributed by atoms with Gasteiger partial charge in [-0.15, -0.1) is 0 Å². The van der Waals surface area contributed by atoms with Gasteiger partial charge in [0.05, 0.1) is 4.91 Å². The molecule has 48 valence electrons. The summed E-state index contributed by atoms with van der Waals surface area (Å²) in [6.45, 7) is 1.20. The zero-order chi connectivity index (χ0) is 6.78. The minimum absolute atomic E-state index is 0.251. The van der Waals surface area contributed by atoms with Crippen LogP contribution in [0.25, 0.3) is 0 Å². The third kappa shape index (κ3) is 2.30. The first-order chi connectivity index (χ1) is 3.48. The Kier molecular flexibility index (Phi) is 2.46. The highest BCUT2D eigenvalue weighted by Crippen LogP contribution is 2.02. The van der Waals surface area contributed by atoms with Gasteiger partial charge in [0.15, 0.2) is 0 Å². The topological polar surface area (TPSA) is 54.4 Å². The molecule has 3 nitrogen and oxygen atoms in total. The molecule has 0 spiro atoms. The third-order valence-corrected chi connectivity index (χ3v) is 1.95. The normalized spacial score (nSPS) is 14.1. The van der Waals surface area contributed by atoms with Crippen LogP contribution in [0.1, 0.15) is 6.92 Å². The van der Waals surface area contributed by atoms with Crippen molar-refractivity contribution in [3.8, 4) is 0 Å². The molecule has 0 saturated heterocycles. The summed E-state index contributed by atoms with van der Waals surface area (Å²) in [4.78, 5) is -0.251. The van der Waals surface area contributed by atoms with E-state index >= 15 is 0 Å². The predicted molar refractivity (Wildman–Crippen MR) is 31.2 cm³/mol. The summed E-state index contributed by atoms with van der Waals surface area (Å²) in [5.74, 6) is 0. The maximum Gasteiger partial charge on any atom is 0.291 e. The van der Waals surface area contributed by atoms with Crippen LogP contribution in [0, 0.1) is 0 Å². The van der Waals surface area contributed by atoms with Gasteiger partial charge in [0.1, 0.15) is 0 Å². The predicted octanol–water partition coefficient (Wildman–Crippen LogP) is 0.974. The molecule has 1 N–H and O–H groups in total. The summed E-state index contributed by atoms with van der Waals surface area (Å²) in [7, 11) is -4.02. The molecule has 0 rings (SSSR count). The molecule has 0 aromatic rings. The largest absolute Gasteiger partial charge is 0.291 e. The van der Waals surface area contributed by atoms with E-state index in [1.54, 1.807) is 0 Å². The van der Waals surface area contributed by atoms with E-state index in [-0.39, 0.29) is 4.91 Å². The van der Waals surface area contributed by atoms with Crippen molar-refractivity contribution >= 4 is 21.7 Å². The summed E-state index contributed by atoms with van der Waals surface area (Å²) in [6, 6.07) is 0. The average Bonchev–Trinajstić information content (AvgIpc) is 1.62. The Morgan fingerprint density at radius 1 is 1.75 bits per heavy atom. The summed E-state index contributed by atoms with van der Waals surface area (Å²) in [6.07, 6.45) is 0. The summed E-state index contributed by atoms with van der Waals surface area (Å²) in [5, 5.41) is 0. The molecule has 0 bridgehead atoms. The van der Waals surface area contributed by atoms with Crippen molar-refractivity contribution in [2.75, 3.05) is 0 Å². The quantitative estimate of drug-likeness (QED) is 0.576. The Morgan fingerprint density at radius 2 is 2.12 bits per heavy atom. The Morgan fingerprint density at radius 3 is 2.12 bits per heavy atom. The van der Waals surface area contributed by atoms with Crippen molar-refractivity contribution < 1.29 is 13.0 Å². The highest BCUT2D eigenvalue weighted by atomic mass is 35.5. The lowest BCUT2D eigenvalue weighted by Crippen LogP contribution is -1.96. The molecule has 0 amide bonds. The highest BCUT2D eigenvalue weighted by molar-refractivity contribution is 7.89. The van der Waals surface area contributed by atoms with Gasteiger partial charge in [0.25, 0.3) is 10.1 Å². The van der Waals surface area contributed by atoms with Gasteiger partial charge < -0.3 is 0 Å². The van der Waals surface area contributed by atoms with Crippen LogP contribution >= 0.6 is 11.6 Å².